The predicted octanol–water partition coefficient (Wildman–Crippen LogP) is 3.78. The molecule has 1 N–H and O–H groups in total. The molecule has 0 bridgehead atoms. The molecule has 1 amide bonds. The third-order valence-electron chi connectivity index (χ3n) is 4.60. The van der Waals surface area contributed by atoms with Crippen LogP contribution in [-0.2, 0) is 11.3 Å². The second-order valence-electron chi connectivity index (χ2n) is 6.44. The number of hydrogen-bond acceptors (Lipinski definition) is 5. The van der Waals surface area contributed by atoms with Crippen LogP contribution in [0.1, 0.15) is 25.8 Å². The molecule has 0 aliphatic carbocycles. The van der Waals surface area contributed by atoms with Crippen LogP contribution in [0.2, 0.25) is 0 Å². The topological polar surface area (TPSA) is 67.2 Å². The lowest BCUT2D eigenvalue weighted by molar-refractivity contribution is -0.116. The fourth-order valence-corrected chi connectivity index (χ4v) is 3.82. The smallest absolute Gasteiger partial charge is 0.272 e. The fraction of sp³-hybridized carbons (Fsp3) is 0.350. The predicted molar refractivity (Wildman–Crippen MR) is 112 cm³/mol. The van der Waals surface area contributed by atoms with Gasteiger partial charge in [-0.1, -0.05) is 0 Å². The van der Waals surface area contributed by atoms with Crippen molar-refractivity contribution in [2.75, 3.05) is 23.3 Å². The van der Waals surface area contributed by atoms with Crippen LogP contribution in [0.4, 0.5) is 16.0 Å². The summed E-state index contributed by atoms with van der Waals surface area (Å²) in [7, 11) is 0. The Balaban J connectivity index is 1.83. The molecule has 3 rings (SSSR count). The maximum absolute atomic E-state index is 13.4. The van der Waals surface area contributed by atoms with Gasteiger partial charge in [0.05, 0.1) is 5.52 Å². The number of fused-ring (bicyclic) bond motifs is 1. The van der Waals surface area contributed by atoms with Gasteiger partial charge in [-0.25, -0.2) is 9.37 Å². The number of anilines is 2. The molecular weight excluding hydrogens is 379 g/mol. The molecule has 8 heteroatoms. The summed E-state index contributed by atoms with van der Waals surface area (Å²) in [5.74, 6) is 0.0183. The summed E-state index contributed by atoms with van der Waals surface area (Å²) in [6.45, 7) is 7.28. The highest BCUT2D eigenvalue weighted by atomic mass is 32.1. The first-order chi connectivity index (χ1) is 13.4. The Morgan fingerprint density at radius 3 is 2.71 bits per heavy atom. The van der Waals surface area contributed by atoms with Gasteiger partial charge >= 0.3 is 0 Å². The lowest BCUT2D eigenvalue weighted by Crippen LogP contribution is -2.33. The summed E-state index contributed by atoms with van der Waals surface area (Å²) in [5, 5.41) is 4.60. The molecule has 0 fully saturated rings. The van der Waals surface area contributed by atoms with Crippen molar-refractivity contribution < 1.29 is 9.18 Å². The van der Waals surface area contributed by atoms with Gasteiger partial charge in [-0.05, 0) is 56.0 Å². The number of amides is 1. The molecule has 0 spiro atoms. The Hall–Kier alpha value is -2.74. The van der Waals surface area contributed by atoms with Crippen LogP contribution < -0.4 is 15.8 Å². The average molecular weight is 402 g/mol. The van der Waals surface area contributed by atoms with Crippen molar-refractivity contribution in [1.29, 1.82) is 0 Å². The van der Waals surface area contributed by atoms with E-state index in [1.807, 2.05) is 30.2 Å². The Morgan fingerprint density at radius 2 is 2.04 bits per heavy atom. The molecule has 6 nitrogen and oxygen atoms in total. The fourth-order valence-electron chi connectivity index (χ4n) is 3.04. The van der Waals surface area contributed by atoms with E-state index in [0.29, 0.717) is 40.5 Å². The van der Waals surface area contributed by atoms with Crippen molar-refractivity contribution in [1.82, 2.24) is 9.55 Å². The number of aryl methyl sites for hydroxylation is 1. The largest absolute Gasteiger partial charge is 0.343 e. The number of aromatic nitrogens is 2. The molecule has 28 heavy (non-hydrogen) atoms. The molecule has 0 saturated carbocycles. The van der Waals surface area contributed by atoms with E-state index in [-0.39, 0.29) is 30.2 Å². The number of benzene rings is 1. The summed E-state index contributed by atoms with van der Waals surface area (Å²) in [6, 6.07) is 6.26. The van der Waals surface area contributed by atoms with E-state index in [4.69, 9.17) is 0 Å². The number of nitrogens with one attached hydrogen (secondary N) is 1. The molecule has 3 aromatic rings. The van der Waals surface area contributed by atoms with Gasteiger partial charge in [-0.3, -0.25) is 14.2 Å². The monoisotopic (exact) mass is 402 g/mol. The maximum atomic E-state index is 13.4. The second-order valence-corrected chi connectivity index (χ2v) is 7.35. The molecule has 0 aliphatic heterocycles. The van der Waals surface area contributed by atoms with Crippen LogP contribution in [0.5, 0.6) is 0 Å². The number of hydrogen-bond donors (Lipinski definition) is 1. The molecule has 0 aliphatic rings. The van der Waals surface area contributed by atoms with Gasteiger partial charge in [-0.2, -0.15) is 0 Å². The Bertz CT molecular complexity index is 1060. The number of nitrogens with zero attached hydrogens (tertiary/aromatic N) is 3. The first-order valence-corrected chi connectivity index (χ1v) is 10.1. The summed E-state index contributed by atoms with van der Waals surface area (Å²) in [6.07, 6.45) is 0.114. The van der Waals surface area contributed by atoms with E-state index >= 15 is 0 Å². The van der Waals surface area contributed by atoms with Crippen molar-refractivity contribution in [3.05, 3.63) is 51.4 Å². The van der Waals surface area contributed by atoms with Gasteiger partial charge < -0.3 is 10.2 Å². The molecule has 2 heterocycles. The standard InChI is InChI=1S/C20H23FN4O2S/c1-4-24(5-2)20-23-16-9-11-28-18(16)19(27)25(20)10-8-17(26)22-14-6-7-15(21)13(3)12-14/h6-7,9,11-12H,4-5,8,10H2,1-3H3,(H,22,26). The lowest BCUT2D eigenvalue weighted by atomic mass is 10.2. The highest BCUT2D eigenvalue weighted by molar-refractivity contribution is 7.17. The Labute approximate surface area is 166 Å². The van der Waals surface area contributed by atoms with Gasteiger partial charge in [0.15, 0.2) is 0 Å². The number of halogens is 1. The first-order valence-electron chi connectivity index (χ1n) is 9.23. The molecule has 2 aromatic heterocycles. The van der Waals surface area contributed by atoms with Gasteiger partial charge in [0.25, 0.3) is 5.56 Å². The van der Waals surface area contributed by atoms with Gasteiger partial charge in [0.2, 0.25) is 11.9 Å². The zero-order valence-corrected chi connectivity index (χ0v) is 17.0. The molecule has 0 atom stereocenters. The van der Waals surface area contributed by atoms with E-state index in [0.717, 1.165) is 0 Å². The van der Waals surface area contributed by atoms with Crippen molar-refractivity contribution in [2.24, 2.45) is 0 Å². The summed E-state index contributed by atoms with van der Waals surface area (Å²) >= 11 is 1.35. The Morgan fingerprint density at radius 1 is 1.29 bits per heavy atom. The summed E-state index contributed by atoms with van der Waals surface area (Å²) in [4.78, 5) is 32.0. The molecule has 0 radical (unpaired) electrons. The minimum atomic E-state index is -0.316. The number of thiophene rings is 1. The zero-order valence-electron chi connectivity index (χ0n) is 16.2. The summed E-state index contributed by atoms with van der Waals surface area (Å²) < 4.78 is 15.5. The van der Waals surface area contributed by atoms with E-state index in [1.54, 1.807) is 17.6 Å². The zero-order chi connectivity index (χ0) is 20.3. The molecule has 148 valence electrons. The highest BCUT2D eigenvalue weighted by Gasteiger charge is 2.17. The van der Waals surface area contributed by atoms with Crippen molar-refractivity contribution in [2.45, 2.75) is 33.7 Å². The van der Waals surface area contributed by atoms with Crippen LogP contribution in [0.15, 0.2) is 34.4 Å². The molecule has 1 aromatic carbocycles. The van der Waals surface area contributed by atoms with E-state index in [2.05, 4.69) is 10.3 Å². The van der Waals surface area contributed by atoms with Crippen LogP contribution >= 0.6 is 11.3 Å². The SMILES string of the molecule is CCN(CC)c1nc2ccsc2c(=O)n1CCC(=O)Nc1ccc(F)c(C)c1. The van der Waals surface area contributed by atoms with Crippen LogP contribution in [0, 0.1) is 12.7 Å². The molecule has 0 unspecified atom stereocenters. The Kier molecular flexibility index (Phi) is 6.08. The third kappa shape index (κ3) is 4.06. The van der Waals surface area contributed by atoms with E-state index in [1.165, 1.54) is 23.5 Å². The van der Waals surface area contributed by atoms with Crippen LogP contribution in [0.3, 0.4) is 0 Å². The lowest BCUT2D eigenvalue weighted by Gasteiger charge is -2.23. The minimum absolute atomic E-state index is 0.114. The van der Waals surface area contributed by atoms with Crippen LogP contribution in [-0.4, -0.2) is 28.5 Å². The highest BCUT2D eigenvalue weighted by Crippen LogP contribution is 2.20. The maximum Gasteiger partial charge on any atom is 0.272 e. The van der Waals surface area contributed by atoms with Gasteiger partial charge in [0, 0.05) is 31.7 Å². The van der Waals surface area contributed by atoms with E-state index < -0.39 is 0 Å². The van der Waals surface area contributed by atoms with Gasteiger partial charge in [-0.15, -0.1) is 11.3 Å². The molecule has 0 saturated heterocycles. The molecular formula is C20H23FN4O2S. The first kappa shape index (κ1) is 20.0. The van der Waals surface area contributed by atoms with Crippen molar-refractivity contribution >= 4 is 39.1 Å². The normalized spacial score (nSPS) is 11.0. The average Bonchev–Trinajstić information content (AvgIpc) is 3.14. The second kappa shape index (κ2) is 8.52. The van der Waals surface area contributed by atoms with Crippen molar-refractivity contribution in [3.63, 3.8) is 0 Å². The minimum Gasteiger partial charge on any atom is -0.343 e. The van der Waals surface area contributed by atoms with Gasteiger partial charge in [0.1, 0.15) is 10.5 Å². The third-order valence-corrected chi connectivity index (χ3v) is 5.49. The van der Waals surface area contributed by atoms with Crippen molar-refractivity contribution in [3.8, 4) is 0 Å². The number of carbonyl (C=O) groups excluding carboxylic acids is 1. The number of rotatable bonds is 7. The summed E-state index contributed by atoms with van der Waals surface area (Å²) in [5.41, 5.74) is 1.55. The number of carbonyl (C=O) groups is 1. The van der Waals surface area contributed by atoms with Crippen LogP contribution in [0.25, 0.3) is 10.2 Å². The van der Waals surface area contributed by atoms with E-state index in [9.17, 15) is 14.0 Å². The quantitative estimate of drug-likeness (QED) is 0.653.